The first-order valence-electron chi connectivity index (χ1n) is 8.48. The average molecular weight is 339 g/mol. The van der Waals surface area contributed by atoms with Crippen LogP contribution in [0.25, 0.3) is 16.6 Å². The highest BCUT2D eigenvalue weighted by Gasteiger charge is 2.24. The van der Waals surface area contributed by atoms with Gasteiger partial charge in [0.15, 0.2) is 5.52 Å². The topological polar surface area (TPSA) is 65.2 Å². The van der Waals surface area contributed by atoms with E-state index in [0.717, 1.165) is 17.6 Å². The maximum Gasteiger partial charge on any atom is 0.296 e. The van der Waals surface area contributed by atoms with Crippen LogP contribution in [0, 0.1) is 0 Å². The molecule has 3 aromatic rings. The third kappa shape index (κ3) is 3.08. The Labute approximate surface area is 145 Å². The van der Waals surface area contributed by atoms with Gasteiger partial charge in [0.25, 0.3) is 5.56 Å². The first kappa shape index (κ1) is 16.0. The lowest BCUT2D eigenvalue weighted by atomic mass is 10.2. The molecule has 0 bridgehead atoms. The minimum Gasteiger partial charge on any atom is -0.376 e. The van der Waals surface area contributed by atoms with Gasteiger partial charge in [-0.1, -0.05) is 18.2 Å². The summed E-state index contributed by atoms with van der Waals surface area (Å²) in [5.74, 6) is 0. The number of aromatic nitrogens is 4. The molecule has 7 heteroatoms. The van der Waals surface area contributed by atoms with Gasteiger partial charge in [0.1, 0.15) is 0 Å². The first-order chi connectivity index (χ1) is 12.1. The molecule has 0 unspecified atom stereocenters. The Hall–Kier alpha value is -2.51. The van der Waals surface area contributed by atoms with Crippen molar-refractivity contribution in [1.82, 2.24) is 24.5 Å². The second-order valence-electron chi connectivity index (χ2n) is 6.57. The maximum absolute atomic E-state index is 12.8. The third-order valence-electron chi connectivity index (χ3n) is 4.59. The van der Waals surface area contributed by atoms with Gasteiger partial charge in [-0.05, 0) is 26.0 Å². The molecular formula is C18H21N5O2. The number of ether oxygens (including phenoxy) is 1. The summed E-state index contributed by atoms with van der Waals surface area (Å²) in [6.45, 7) is 6.04. The van der Waals surface area contributed by atoms with Crippen molar-refractivity contribution in [1.29, 1.82) is 0 Å². The number of morpholine rings is 1. The van der Waals surface area contributed by atoms with E-state index in [-0.39, 0.29) is 17.7 Å². The number of rotatable bonds is 3. The van der Waals surface area contributed by atoms with Crippen molar-refractivity contribution in [2.75, 3.05) is 13.2 Å². The van der Waals surface area contributed by atoms with Crippen molar-refractivity contribution in [2.45, 2.75) is 32.7 Å². The summed E-state index contributed by atoms with van der Waals surface area (Å²) in [6, 6.07) is 10.00. The molecule has 0 saturated carbocycles. The minimum atomic E-state index is -0.168. The van der Waals surface area contributed by atoms with E-state index < -0.39 is 0 Å². The molecule has 1 aliphatic heterocycles. The summed E-state index contributed by atoms with van der Waals surface area (Å²) in [7, 11) is 0. The summed E-state index contributed by atoms with van der Waals surface area (Å²) in [5, 5.41) is 9.55. The van der Waals surface area contributed by atoms with Crippen LogP contribution >= 0.6 is 0 Å². The van der Waals surface area contributed by atoms with Crippen LogP contribution in [0.2, 0.25) is 0 Å². The Morgan fingerprint density at radius 2 is 2.04 bits per heavy atom. The van der Waals surface area contributed by atoms with Gasteiger partial charge in [0.2, 0.25) is 0 Å². The normalized spacial score (nSPS) is 21.7. The smallest absolute Gasteiger partial charge is 0.296 e. The molecule has 0 amide bonds. The Balaban J connectivity index is 1.67. The predicted octanol–water partition coefficient (Wildman–Crippen LogP) is 1.65. The van der Waals surface area contributed by atoms with Gasteiger partial charge in [0, 0.05) is 24.2 Å². The van der Waals surface area contributed by atoms with Crippen LogP contribution in [0.15, 0.2) is 47.5 Å². The van der Waals surface area contributed by atoms with Gasteiger partial charge in [-0.15, -0.1) is 0 Å². The van der Waals surface area contributed by atoms with Gasteiger partial charge in [-0.2, -0.15) is 10.2 Å². The van der Waals surface area contributed by atoms with E-state index in [1.807, 2.05) is 43.5 Å². The lowest BCUT2D eigenvalue weighted by Crippen LogP contribution is -2.49. The monoisotopic (exact) mass is 339 g/mol. The van der Waals surface area contributed by atoms with E-state index in [9.17, 15) is 4.79 Å². The van der Waals surface area contributed by atoms with E-state index >= 15 is 0 Å². The SMILES string of the molecule is C[C@@H]1CN(Cn2ncc3cn(-c4ccccc4)nc3c2=O)[C@H](C)CO1. The van der Waals surface area contributed by atoms with Gasteiger partial charge in [0.05, 0.1) is 31.3 Å². The predicted molar refractivity (Wildman–Crippen MR) is 94.7 cm³/mol. The standard InChI is InChI=1S/C18H21N5O2/c1-13-11-25-14(2)9-21(13)12-23-18(24)17-15(8-19-23)10-22(20-17)16-6-4-3-5-7-16/h3-8,10,13-14H,9,11-12H2,1-2H3/t13-,14-/m1/s1. The molecule has 2 aromatic heterocycles. The molecule has 7 nitrogen and oxygen atoms in total. The van der Waals surface area contributed by atoms with Crippen molar-refractivity contribution in [3.05, 3.63) is 53.1 Å². The van der Waals surface area contributed by atoms with Gasteiger partial charge < -0.3 is 4.74 Å². The Morgan fingerprint density at radius 1 is 1.24 bits per heavy atom. The first-order valence-corrected chi connectivity index (χ1v) is 8.48. The fourth-order valence-electron chi connectivity index (χ4n) is 3.11. The number of nitrogens with zero attached hydrogens (tertiary/aromatic N) is 5. The van der Waals surface area contributed by atoms with Gasteiger partial charge in [-0.3, -0.25) is 9.69 Å². The number of para-hydroxylation sites is 1. The van der Waals surface area contributed by atoms with E-state index in [1.165, 1.54) is 4.68 Å². The second kappa shape index (κ2) is 6.42. The van der Waals surface area contributed by atoms with Crippen LogP contribution < -0.4 is 5.56 Å². The fraction of sp³-hybridized carbons (Fsp3) is 0.389. The third-order valence-corrected chi connectivity index (χ3v) is 4.59. The Bertz CT molecular complexity index is 934. The molecule has 0 radical (unpaired) electrons. The molecule has 25 heavy (non-hydrogen) atoms. The van der Waals surface area contributed by atoms with Crippen LogP contribution in [0.3, 0.4) is 0 Å². The van der Waals surface area contributed by atoms with Gasteiger partial charge >= 0.3 is 0 Å². The molecular weight excluding hydrogens is 318 g/mol. The van der Waals surface area contributed by atoms with Crippen LogP contribution in [0.4, 0.5) is 0 Å². The summed E-state index contributed by atoms with van der Waals surface area (Å²) in [6.07, 6.45) is 3.70. The molecule has 0 spiro atoms. The lowest BCUT2D eigenvalue weighted by molar-refractivity contribution is -0.0627. The van der Waals surface area contributed by atoms with Crippen LogP contribution in [-0.4, -0.2) is 49.8 Å². The number of hydrogen-bond acceptors (Lipinski definition) is 5. The fourth-order valence-corrected chi connectivity index (χ4v) is 3.11. The second-order valence-corrected chi connectivity index (χ2v) is 6.57. The van der Waals surface area contributed by atoms with Crippen LogP contribution in [-0.2, 0) is 11.4 Å². The van der Waals surface area contributed by atoms with E-state index in [1.54, 1.807) is 10.9 Å². The van der Waals surface area contributed by atoms with E-state index in [2.05, 4.69) is 22.0 Å². The summed E-state index contributed by atoms with van der Waals surface area (Å²) >= 11 is 0. The largest absolute Gasteiger partial charge is 0.376 e. The quantitative estimate of drug-likeness (QED) is 0.726. The number of benzene rings is 1. The molecule has 1 aliphatic rings. The van der Waals surface area contributed by atoms with Crippen molar-refractivity contribution < 1.29 is 4.74 Å². The van der Waals surface area contributed by atoms with E-state index in [0.29, 0.717) is 18.8 Å². The highest BCUT2D eigenvalue weighted by Crippen LogP contribution is 2.14. The molecule has 2 atom stereocenters. The molecule has 4 rings (SSSR count). The summed E-state index contributed by atoms with van der Waals surface area (Å²) in [5.41, 5.74) is 1.19. The summed E-state index contributed by atoms with van der Waals surface area (Å²) in [4.78, 5) is 15.0. The number of fused-ring (bicyclic) bond motifs is 1. The van der Waals surface area contributed by atoms with Gasteiger partial charge in [-0.25, -0.2) is 9.36 Å². The van der Waals surface area contributed by atoms with E-state index in [4.69, 9.17) is 4.74 Å². The molecule has 1 aromatic carbocycles. The highest BCUT2D eigenvalue weighted by molar-refractivity contribution is 5.76. The minimum absolute atomic E-state index is 0.160. The average Bonchev–Trinajstić information content (AvgIpc) is 3.06. The zero-order chi connectivity index (χ0) is 17.4. The highest BCUT2D eigenvalue weighted by atomic mass is 16.5. The van der Waals surface area contributed by atoms with Crippen molar-refractivity contribution >= 4 is 10.9 Å². The molecule has 1 saturated heterocycles. The van der Waals surface area contributed by atoms with Crippen LogP contribution in [0.1, 0.15) is 13.8 Å². The van der Waals surface area contributed by atoms with Crippen molar-refractivity contribution in [2.24, 2.45) is 0 Å². The zero-order valence-corrected chi connectivity index (χ0v) is 14.4. The molecule has 3 heterocycles. The number of hydrogen-bond donors (Lipinski definition) is 0. The maximum atomic E-state index is 12.8. The molecule has 1 fully saturated rings. The van der Waals surface area contributed by atoms with Crippen molar-refractivity contribution in [3.63, 3.8) is 0 Å². The lowest BCUT2D eigenvalue weighted by Gasteiger charge is -2.36. The Kier molecular flexibility index (Phi) is 4.10. The summed E-state index contributed by atoms with van der Waals surface area (Å²) < 4.78 is 8.85. The molecule has 130 valence electrons. The van der Waals surface area contributed by atoms with Crippen molar-refractivity contribution in [3.8, 4) is 5.69 Å². The molecule has 0 aliphatic carbocycles. The zero-order valence-electron chi connectivity index (χ0n) is 14.4. The van der Waals surface area contributed by atoms with Crippen LogP contribution in [0.5, 0.6) is 0 Å². The molecule has 0 N–H and O–H groups in total. The Morgan fingerprint density at radius 3 is 2.84 bits per heavy atom.